The zero-order chi connectivity index (χ0) is 15.1. The van der Waals surface area contributed by atoms with Gasteiger partial charge in [0.25, 0.3) is 0 Å². The highest BCUT2D eigenvalue weighted by molar-refractivity contribution is 5.89. The zero-order valence-electron chi connectivity index (χ0n) is 11.7. The van der Waals surface area contributed by atoms with E-state index in [0.29, 0.717) is 23.7 Å². The van der Waals surface area contributed by atoms with Crippen LogP contribution in [0.1, 0.15) is 10.4 Å². The molecule has 108 valence electrons. The topological polar surface area (TPSA) is 44.8 Å². The van der Waals surface area contributed by atoms with Crippen molar-refractivity contribution in [1.82, 2.24) is 0 Å². The minimum Gasteiger partial charge on any atom is -0.490 e. The van der Waals surface area contributed by atoms with Gasteiger partial charge in [-0.15, -0.1) is 0 Å². The zero-order valence-corrected chi connectivity index (χ0v) is 11.7. The van der Waals surface area contributed by atoms with E-state index in [2.05, 4.69) is 11.3 Å². The van der Waals surface area contributed by atoms with Crippen LogP contribution in [-0.2, 0) is 4.74 Å². The van der Waals surface area contributed by atoms with Gasteiger partial charge in [-0.3, -0.25) is 0 Å². The number of ether oxygens (including phenoxy) is 3. The van der Waals surface area contributed by atoms with Gasteiger partial charge in [0.2, 0.25) is 0 Å². The summed E-state index contributed by atoms with van der Waals surface area (Å²) < 4.78 is 15.7. The fraction of sp³-hybridized carbons (Fsp3) is 0.118. The standard InChI is InChI=1S/C17H16O4/c1-3-12-20-14-8-10-16(11-9-14)21-15-6-4-13(5-7-15)17(18)19-2/h3-11H,1,12H2,2H3. The van der Waals surface area contributed by atoms with E-state index >= 15 is 0 Å². The molecular formula is C17H16O4. The highest BCUT2D eigenvalue weighted by Crippen LogP contribution is 2.24. The Morgan fingerprint density at radius 1 is 1.00 bits per heavy atom. The number of methoxy groups -OCH3 is 1. The first-order valence-corrected chi connectivity index (χ1v) is 6.43. The summed E-state index contributed by atoms with van der Waals surface area (Å²) in [5, 5.41) is 0. The number of hydrogen-bond acceptors (Lipinski definition) is 4. The van der Waals surface area contributed by atoms with Gasteiger partial charge in [-0.25, -0.2) is 4.79 Å². The molecule has 0 aromatic heterocycles. The van der Waals surface area contributed by atoms with Crippen LogP contribution in [0.3, 0.4) is 0 Å². The van der Waals surface area contributed by atoms with E-state index < -0.39 is 0 Å². The van der Waals surface area contributed by atoms with Crippen LogP contribution in [0.25, 0.3) is 0 Å². The molecule has 0 aliphatic carbocycles. The maximum Gasteiger partial charge on any atom is 0.337 e. The van der Waals surface area contributed by atoms with Gasteiger partial charge < -0.3 is 14.2 Å². The van der Waals surface area contributed by atoms with E-state index in [4.69, 9.17) is 9.47 Å². The molecule has 0 unspecified atom stereocenters. The molecule has 2 aromatic carbocycles. The molecule has 0 spiro atoms. The van der Waals surface area contributed by atoms with Crippen molar-refractivity contribution in [3.63, 3.8) is 0 Å². The third kappa shape index (κ3) is 4.11. The fourth-order valence-electron chi connectivity index (χ4n) is 1.67. The predicted molar refractivity (Wildman–Crippen MR) is 80.0 cm³/mol. The number of carbonyl (C=O) groups excluding carboxylic acids is 1. The fourth-order valence-corrected chi connectivity index (χ4v) is 1.67. The molecule has 2 aromatic rings. The summed E-state index contributed by atoms with van der Waals surface area (Å²) in [5.41, 5.74) is 0.484. The van der Waals surface area contributed by atoms with Gasteiger partial charge in [0.05, 0.1) is 12.7 Å². The molecule has 0 fully saturated rings. The van der Waals surface area contributed by atoms with E-state index in [1.165, 1.54) is 7.11 Å². The lowest BCUT2D eigenvalue weighted by molar-refractivity contribution is 0.0600. The summed E-state index contributed by atoms with van der Waals surface area (Å²) in [6.07, 6.45) is 1.69. The Bertz CT molecular complexity index is 600. The second-order valence-corrected chi connectivity index (χ2v) is 4.19. The molecule has 0 saturated heterocycles. The third-order valence-corrected chi connectivity index (χ3v) is 2.70. The highest BCUT2D eigenvalue weighted by atomic mass is 16.5. The van der Waals surface area contributed by atoms with Crippen LogP contribution in [0.4, 0.5) is 0 Å². The average molecular weight is 284 g/mol. The molecule has 0 heterocycles. The molecule has 2 rings (SSSR count). The molecule has 4 heteroatoms. The van der Waals surface area contributed by atoms with E-state index in [1.54, 1.807) is 30.3 Å². The van der Waals surface area contributed by atoms with Crippen LogP contribution in [-0.4, -0.2) is 19.7 Å². The molecular weight excluding hydrogens is 268 g/mol. The minimum atomic E-state index is -0.370. The summed E-state index contributed by atoms with van der Waals surface area (Å²) in [5.74, 6) is 1.71. The van der Waals surface area contributed by atoms with Crippen molar-refractivity contribution in [1.29, 1.82) is 0 Å². The number of rotatable bonds is 6. The minimum absolute atomic E-state index is 0.370. The monoisotopic (exact) mass is 284 g/mol. The molecule has 0 bridgehead atoms. The third-order valence-electron chi connectivity index (χ3n) is 2.70. The average Bonchev–Trinajstić information content (AvgIpc) is 2.54. The Kier molecular flexibility index (Phi) is 4.99. The van der Waals surface area contributed by atoms with Crippen LogP contribution in [0.15, 0.2) is 61.2 Å². The van der Waals surface area contributed by atoms with Crippen molar-refractivity contribution >= 4 is 5.97 Å². The first-order valence-electron chi connectivity index (χ1n) is 6.43. The van der Waals surface area contributed by atoms with Gasteiger partial charge in [-0.2, -0.15) is 0 Å². The summed E-state index contributed by atoms with van der Waals surface area (Å²) >= 11 is 0. The summed E-state index contributed by atoms with van der Waals surface area (Å²) in [6, 6.07) is 14.0. The normalized spacial score (nSPS) is 9.76. The number of carbonyl (C=O) groups is 1. The van der Waals surface area contributed by atoms with Crippen molar-refractivity contribution in [2.45, 2.75) is 0 Å². The van der Waals surface area contributed by atoms with Gasteiger partial charge in [0, 0.05) is 0 Å². The second kappa shape index (κ2) is 7.14. The molecule has 0 radical (unpaired) electrons. The van der Waals surface area contributed by atoms with Crippen LogP contribution in [0.2, 0.25) is 0 Å². The highest BCUT2D eigenvalue weighted by Gasteiger charge is 2.05. The van der Waals surface area contributed by atoms with Gasteiger partial charge in [-0.05, 0) is 48.5 Å². The quantitative estimate of drug-likeness (QED) is 0.597. The maximum atomic E-state index is 11.3. The molecule has 0 N–H and O–H groups in total. The SMILES string of the molecule is C=CCOc1ccc(Oc2ccc(C(=O)OC)cc2)cc1. The summed E-state index contributed by atoms with van der Waals surface area (Å²) in [6.45, 7) is 4.06. The number of esters is 1. The first kappa shape index (κ1) is 14.7. The Morgan fingerprint density at radius 2 is 1.52 bits per heavy atom. The van der Waals surface area contributed by atoms with Crippen LogP contribution >= 0.6 is 0 Å². The molecule has 0 aliphatic rings. The lowest BCUT2D eigenvalue weighted by Gasteiger charge is -2.08. The maximum absolute atomic E-state index is 11.3. The molecule has 4 nitrogen and oxygen atoms in total. The van der Waals surface area contributed by atoms with E-state index in [-0.39, 0.29) is 5.97 Å². The largest absolute Gasteiger partial charge is 0.490 e. The number of benzene rings is 2. The lowest BCUT2D eigenvalue weighted by atomic mass is 10.2. The van der Waals surface area contributed by atoms with Crippen molar-refractivity contribution in [2.75, 3.05) is 13.7 Å². The van der Waals surface area contributed by atoms with Crippen LogP contribution in [0.5, 0.6) is 17.2 Å². The van der Waals surface area contributed by atoms with Gasteiger partial charge >= 0.3 is 5.97 Å². The first-order chi connectivity index (χ1) is 10.2. The second-order valence-electron chi connectivity index (χ2n) is 4.19. The summed E-state index contributed by atoms with van der Waals surface area (Å²) in [4.78, 5) is 11.3. The van der Waals surface area contributed by atoms with Gasteiger partial charge in [-0.1, -0.05) is 12.7 Å². The van der Waals surface area contributed by atoms with Gasteiger partial charge in [0.1, 0.15) is 23.9 Å². The van der Waals surface area contributed by atoms with Crippen molar-refractivity contribution < 1.29 is 19.0 Å². The Morgan fingerprint density at radius 3 is 2.05 bits per heavy atom. The Hall–Kier alpha value is -2.75. The Labute approximate surface area is 123 Å². The van der Waals surface area contributed by atoms with E-state index in [9.17, 15) is 4.79 Å². The molecule has 21 heavy (non-hydrogen) atoms. The van der Waals surface area contributed by atoms with Crippen molar-refractivity contribution in [3.05, 3.63) is 66.7 Å². The lowest BCUT2D eigenvalue weighted by Crippen LogP contribution is -2.00. The van der Waals surface area contributed by atoms with Gasteiger partial charge in [0.15, 0.2) is 0 Å². The van der Waals surface area contributed by atoms with E-state index in [1.807, 2.05) is 24.3 Å². The van der Waals surface area contributed by atoms with E-state index in [0.717, 1.165) is 5.75 Å². The predicted octanol–water partition coefficient (Wildman–Crippen LogP) is 3.83. The van der Waals surface area contributed by atoms with Crippen molar-refractivity contribution in [3.8, 4) is 17.2 Å². The van der Waals surface area contributed by atoms with Crippen molar-refractivity contribution in [2.24, 2.45) is 0 Å². The molecule has 0 saturated carbocycles. The summed E-state index contributed by atoms with van der Waals surface area (Å²) in [7, 11) is 1.35. The molecule has 0 atom stereocenters. The van der Waals surface area contributed by atoms with Crippen LogP contribution < -0.4 is 9.47 Å². The molecule has 0 aliphatic heterocycles. The number of hydrogen-bond donors (Lipinski definition) is 0. The smallest absolute Gasteiger partial charge is 0.337 e. The Balaban J connectivity index is 2.01. The van der Waals surface area contributed by atoms with Crippen LogP contribution in [0, 0.1) is 0 Å². The molecule has 0 amide bonds.